The van der Waals surface area contributed by atoms with Crippen molar-refractivity contribution in [1.82, 2.24) is 9.97 Å². The van der Waals surface area contributed by atoms with Crippen molar-refractivity contribution in [2.45, 2.75) is 50.3 Å². The molecule has 1 aromatic heterocycles. The molecule has 0 bridgehead atoms. The molecule has 0 aliphatic carbocycles. The van der Waals surface area contributed by atoms with Gasteiger partial charge in [-0.1, -0.05) is 57.2 Å². The van der Waals surface area contributed by atoms with Crippen molar-refractivity contribution in [2.75, 3.05) is 5.75 Å². The highest BCUT2D eigenvalue weighted by Gasteiger charge is 2.06. The van der Waals surface area contributed by atoms with E-state index >= 15 is 0 Å². The molecule has 3 heteroatoms. The normalized spacial score (nSPS) is 11.3. The van der Waals surface area contributed by atoms with E-state index in [9.17, 15) is 0 Å². The van der Waals surface area contributed by atoms with E-state index in [0.29, 0.717) is 0 Å². The molecule has 0 saturated carbocycles. The van der Waals surface area contributed by atoms with E-state index in [1.165, 1.54) is 49.2 Å². The zero-order valence-corrected chi connectivity index (χ0v) is 14.6. The number of thioether (sulfide) groups is 1. The van der Waals surface area contributed by atoms with E-state index in [0.717, 1.165) is 22.1 Å². The van der Waals surface area contributed by atoms with E-state index in [1.54, 1.807) is 0 Å². The first-order valence-electron chi connectivity index (χ1n) is 8.67. The van der Waals surface area contributed by atoms with Gasteiger partial charge in [0.2, 0.25) is 0 Å². The Bertz CT molecular complexity index is 770. The summed E-state index contributed by atoms with van der Waals surface area (Å²) >= 11 is 1.92. The molecule has 1 heterocycles. The Kier molecular flexibility index (Phi) is 5.87. The van der Waals surface area contributed by atoms with Crippen molar-refractivity contribution < 1.29 is 0 Å². The first-order chi connectivity index (χ1) is 11.4. The molecular weight excluding hydrogens is 300 g/mol. The van der Waals surface area contributed by atoms with Crippen LogP contribution in [0.3, 0.4) is 0 Å². The zero-order chi connectivity index (χ0) is 15.9. The van der Waals surface area contributed by atoms with Crippen molar-refractivity contribution in [3.63, 3.8) is 0 Å². The fraction of sp³-hybridized carbons (Fsp3) is 0.400. The lowest BCUT2D eigenvalue weighted by atomic mass is 10.1. The van der Waals surface area contributed by atoms with Gasteiger partial charge in [-0.3, -0.25) is 0 Å². The highest BCUT2D eigenvalue weighted by Crippen LogP contribution is 2.28. The minimum atomic E-state index is 0.970. The van der Waals surface area contributed by atoms with Gasteiger partial charge in [-0.2, -0.15) is 0 Å². The van der Waals surface area contributed by atoms with Gasteiger partial charge >= 0.3 is 0 Å². The second-order valence-electron chi connectivity index (χ2n) is 5.95. The Morgan fingerprint density at radius 2 is 1.43 bits per heavy atom. The largest absolute Gasteiger partial charge is 0.244 e. The average molecular weight is 324 g/mol. The minimum absolute atomic E-state index is 0.970. The smallest absolute Gasteiger partial charge is 0.103 e. The number of unbranched alkanes of at least 4 members (excludes halogenated alkanes) is 5. The molecule has 2 aromatic carbocycles. The zero-order valence-electron chi connectivity index (χ0n) is 13.8. The Balaban J connectivity index is 1.67. The number of benzene rings is 2. The van der Waals surface area contributed by atoms with Gasteiger partial charge in [-0.15, -0.1) is 11.8 Å². The fourth-order valence-electron chi connectivity index (χ4n) is 2.80. The molecule has 0 unspecified atom stereocenters. The molecule has 120 valence electrons. The number of aromatic nitrogens is 2. The number of nitrogens with zero attached hydrogens (tertiary/aromatic N) is 2. The average Bonchev–Trinajstić information content (AvgIpc) is 2.59. The summed E-state index contributed by atoms with van der Waals surface area (Å²) in [6.07, 6.45) is 8.07. The van der Waals surface area contributed by atoms with Gasteiger partial charge in [0.25, 0.3) is 0 Å². The van der Waals surface area contributed by atoms with Crippen LogP contribution >= 0.6 is 11.8 Å². The predicted octanol–water partition coefficient (Wildman–Crippen LogP) is 6.24. The van der Waals surface area contributed by atoms with E-state index < -0.39 is 0 Å². The van der Waals surface area contributed by atoms with Crippen LogP contribution in [0.25, 0.3) is 22.1 Å². The lowest BCUT2D eigenvalue weighted by molar-refractivity contribution is 0.627. The maximum Gasteiger partial charge on any atom is 0.103 e. The standard InChI is InChI=1S/C20H24N2S/c1-2-3-4-5-6-9-15-23-19-14-10-13-18-20(19)22-17-12-8-7-11-16(17)21-18/h7-8,10-14H,2-6,9,15H2,1H3. The number of fused-ring (bicyclic) bond motifs is 2. The fourth-order valence-corrected chi connectivity index (χ4v) is 3.83. The molecule has 23 heavy (non-hydrogen) atoms. The van der Waals surface area contributed by atoms with Crippen molar-refractivity contribution in [2.24, 2.45) is 0 Å². The summed E-state index contributed by atoms with van der Waals surface area (Å²) in [5.41, 5.74) is 3.99. The summed E-state index contributed by atoms with van der Waals surface area (Å²) in [4.78, 5) is 10.8. The van der Waals surface area contributed by atoms with Crippen LogP contribution in [-0.4, -0.2) is 15.7 Å². The molecule has 3 aromatic rings. The van der Waals surface area contributed by atoms with Crippen LogP contribution in [0.15, 0.2) is 47.4 Å². The van der Waals surface area contributed by atoms with Crippen LogP contribution in [0.2, 0.25) is 0 Å². The summed E-state index contributed by atoms with van der Waals surface area (Å²) in [7, 11) is 0. The van der Waals surface area contributed by atoms with Gasteiger partial charge < -0.3 is 0 Å². The van der Waals surface area contributed by atoms with Crippen molar-refractivity contribution >= 4 is 33.8 Å². The summed E-state index contributed by atoms with van der Waals surface area (Å²) in [6, 6.07) is 14.4. The second kappa shape index (κ2) is 8.30. The van der Waals surface area contributed by atoms with Crippen molar-refractivity contribution in [1.29, 1.82) is 0 Å². The number of hydrogen-bond acceptors (Lipinski definition) is 3. The Hall–Kier alpha value is -1.61. The molecule has 0 saturated heterocycles. The van der Waals surface area contributed by atoms with Gasteiger partial charge in [0, 0.05) is 4.90 Å². The molecule has 0 spiro atoms. The Morgan fingerprint density at radius 1 is 0.739 bits per heavy atom. The van der Waals surface area contributed by atoms with Crippen molar-refractivity contribution in [3.8, 4) is 0 Å². The molecule has 0 atom stereocenters. The molecular formula is C20H24N2S. The molecule has 0 fully saturated rings. The van der Waals surface area contributed by atoms with E-state index in [-0.39, 0.29) is 0 Å². The Morgan fingerprint density at radius 3 is 2.26 bits per heavy atom. The lowest BCUT2D eigenvalue weighted by Gasteiger charge is -2.07. The Labute approximate surface area is 142 Å². The molecule has 3 rings (SSSR count). The molecule has 0 aliphatic heterocycles. The maximum atomic E-state index is 4.83. The minimum Gasteiger partial charge on any atom is -0.244 e. The summed E-state index contributed by atoms with van der Waals surface area (Å²) in [5, 5.41) is 0. The highest BCUT2D eigenvalue weighted by atomic mass is 32.2. The van der Waals surface area contributed by atoms with Crippen LogP contribution in [0.1, 0.15) is 45.4 Å². The third-order valence-electron chi connectivity index (χ3n) is 4.09. The highest BCUT2D eigenvalue weighted by molar-refractivity contribution is 7.99. The molecule has 0 radical (unpaired) electrons. The molecule has 0 aliphatic rings. The van der Waals surface area contributed by atoms with E-state index in [4.69, 9.17) is 9.97 Å². The predicted molar refractivity (Wildman–Crippen MR) is 101 cm³/mol. The number of hydrogen-bond donors (Lipinski definition) is 0. The number of para-hydroxylation sites is 3. The third-order valence-corrected chi connectivity index (χ3v) is 5.22. The molecule has 2 nitrogen and oxygen atoms in total. The third kappa shape index (κ3) is 4.23. The monoisotopic (exact) mass is 324 g/mol. The van der Waals surface area contributed by atoms with E-state index in [1.807, 2.05) is 36.0 Å². The van der Waals surface area contributed by atoms with Gasteiger partial charge in [-0.25, -0.2) is 9.97 Å². The van der Waals surface area contributed by atoms with Gasteiger partial charge in [0.15, 0.2) is 0 Å². The number of rotatable bonds is 8. The van der Waals surface area contributed by atoms with Gasteiger partial charge in [0.05, 0.1) is 16.6 Å². The summed E-state index contributed by atoms with van der Waals surface area (Å²) in [6.45, 7) is 2.26. The van der Waals surface area contributed by atoms with Crippen LogP contribution < -0.4 is 0 Å². The summed E-state index contributed by atoms with van der Waals surface area (Å²) < 4.78 is 0. The first kappa shape index (κ1) is 16.3. The quantitative estimate of drug-likeness (QED) is 0.279. The SMILES string of the molecule is CCCCCCCCSc1cccc2nc3ccccc3nc12. The van der Waals surface area contributed by atoms with E-state index in [2.05, 4.69) is 25.1 Å². The molecule has 0 N–H and O–H groups in total. The maximum absolute atomic E-state index is 4.83. The summed E-state index contributed by atoms with van der Waals surface area (Å²) in [5.74, 6) is 1.17. The molecule has 0 amide bonds. The van der Waals surface area contributed by atoms with Crippen LogP contribution in [-0.2, 0) is 0 Å². The van der Waals surface area contributed by atoms with Crippen molar-refractivity contribution in [3.05, 3.63) is 42.5 Å². The second-order valence-corrected chi connectivity index (χ2v) is 7.09. The first-order valence-corrected chi connectivity index (χ1v) is 9.65. The van der Waals surface area contributed by atoms with Crippen LogP contribution in [0.4, 0.5) is 0 Å². The lowest BCUT2D eigenvalue weighted by Crippen LogP contribution is -1.90. The van der Waals surface area contributed by atoms with Crippen LogP contribution in [0, 0.1) is 0 Å². The van der Waals surface area contributed by atoms with Gasteiger partial charge in [0.1, 0.15) is 5.52 Å². The topological polar surface area (TPSA) is 25.8 Å². The van der Waals surface area contributed by atoms with Gasteiger partial charge in [-0.05, 0) is 36.4 Å². The van der Waals surface area contributed by atoms with Crippen LogP contribution in [0.5, 0.6) is 0 Å².